The van der Waals surface area contributed by atoms with Gasteiger partial charge in [0.05, 0.1) is 0 Å². The number of aryl methyl sites for hydroxylation is 1. The first-order valence-electron chi connectivity index (χ1n) is 5.69. The maximum absolute atomic E-state index is 4.23. The minimum Gasteiger partial charge on any atom is -0.353 e. The third-order valence-electron chi connectivity index (χ3n) is 2.92. The third-order valence-corrected chi connectivity index (χ3v) is 2.92. The van der Waals surface area contributed by atoms with Gasteiger partial charge in [-0.15, -0.1) is 0 Å². The number of likely N-dealkylation sites (N-methyl/N-ethyl adjacent to an activating group) is 1. The SMILES string of the molecule is Cc1cnc(NCC2CNCCN2C)nc1. The minimum absolute atomic E-state index is 0.513. The van der Waals surface area contributed by atoms with Gasteiger partial charge in [0.1, 0.15) is 0 Å². The highest BCUT2D eigenvalue weighted by Crippen LogP contribution is 2.02. The van der Waals surface area contributed by atoms with Gasteiger partial charge in [-0.05, 0) is 19.5 Å². The maximum Gasteiger partial charge on any atom is 0.222 e. The summed E-state index contributed by atoms with van der Waals surface area (Å²) in [6, 6.07) is 0.513. The topological polar surface area (TPSA) is 53.1 Å². The molecular weight excluding hydrogens is 202 g/mol. The highest BCUT2D eigenvalue weighted by Gasteiger charge is 2.17. The van der Waals surface area contributed by atoms with Crippen molar-refractivity contribution in [2.75, 3.05) is 38.5 Å². The molecule has 1 unspecified atom stereocenters. The van der Waals surface area contributed by atoms with Gasteiger partial charge in [0, 0.05) is 44.6 Å². The van der Waals surface area contributed by atoms with E-state index in [0.29, 0.717) is 12.0 Å². The second kappa shape index (κ2) is 5.23. The highest BCUT2D eigenvalue weighted by atomic mass is 15.2. The molecule has 5 nitrogen and oxygen atoms in total. The van der Waals surface area contributed by atoms with Crippen LogP contribution in [0, 0.1) is 6.92 Å². The predicted molar refractivity (Wildman–Crippen MR) is 64.5 cm³/mol. The Labute approximate surface area is 96.3 Å². The van der Waals surface area contributed by atoms with E-state index in [1.54, 1.807) is 0 Å². The molecule has 88 valence electrons. The number of anilines is 1. The van der Waals surface area contributed by atoms with Crippen LogP contribution in [-0.2, 0) is 0 Å². The van der Waals surface area contributed by atoms with Crippen molar-refractivity contribution < 1.29 is 0 Å². The van der Waals surface area contributed by atoms with Crippen LogP contribution in [0.2, 0.25) is 0 Å². The van der Waals surface area contributed by atoms with Crippen LogP contribution in [0.3, 0.4) is 0 Å². The van der Waals surface area contributed by atoms with Gasteiger partial charge in [-0.1, -0.05) is 0 Å². The Morgan fingerprint density at radius 3 is 2.94 bits per heavy atom. The summed E-state index contributed by atoms with van der Waals surface area (Å²) in [5.41, 5.74) is 1.09. The van der Waals surface area contributed by atoms with Gasteiger partial charge in [0.15, 0.2) is 0 Å². The van der Waals surface area contributed by atoms with E-state index in [-0.39, 0.29) is 0 Å². The van der Waals surface area contributed by atoms with E-state index >= 15 is 0 Å². The molecule has 1 fully saturated rings. The second-order valence-electron chi connectivity index (χ2n) is 4.30. The number of aromatic nitrogens is 2. The molecule has 0 aromatic carbocycles. The summed E-state index contributed by atoms with van der Waals surface area (Å²) in [6.07, 6.45) is 3.66. The Kier molecular flexibility index (Phi) is 3.69. The molecule has 1 saturated heterocycles. The smallest absolute Gasteiger partial charge is 0.222 e. The van der Waals surface area contributed by atoms with Crippen molar-refractivity contribution in [1.82, 2.24) is 20.2 Å². The van der Waals surface area contributed by atoms with E-state index in [9.17, 15) is 0 Å². The fraction of sp³-hybridized carbons (Fsp3) is 0.636. The molecule has 1 aromatic rings. The van der Waals surface area contributed by atoms with Crippen LogP contribution in [0.15, 0.2) is 12.4 Å². The zero-order valence-electron chi connectivity index (χ0n) is 9.90. The average molecular weight is 221 g/mol. The lowest BCUT2D eigenvalue weighted by Gasteiger charge is -2.33. The van der Waals surface area contributed by atoms with Gasteiger partial charge in [-0.25, -0.2) is 9.97 Å². The molecule has 0 spiro atoms. The zero-order chi connectivity index (χ0) is 11.4. The van der Waals surface area contributed by atoms with Gasteiger partial charge >= 0.3 is 0 Å². The molecule has 1 aliphatic rings. The second-order valence-corrected chi connectivity index (χ2v) is 4.30. The predicted octanol–water partition coefficient (Wildman–Crippen LogP) is 0.101. The molecule has 0 aliphatic carbocycles. The fourth-order valence-electron chi connectivity index (χ4n) is 1.78. The number of rotatable bonds is 3. The molecule has 16 heavy (non-hydrogen) atoms. The molecule has 0 bridgehead atoms. The van der Waals surface area contributed by atoms with E-state index < -0.39 is 0 Å². The Balaban J connectivity index is 1.84. The number of hydrogen-bond donors (Lipinski definition) is 2. The Morgan fingerprint density at radius 1 is 1.50 bits per heavy atom. The maximum atomic E-state index is 4.23. The fourth-order valence-corrected chi connectivity index (χ4v) is 1.78. The van der Waals surface area contributed by atoms with Crippen molar-refractivity contribution in [2.45, 2.75) is 13.0 Å². The summed E-state index contributed by atoms with van der Waals surface area (Å²) in [7, 11) is 2.16. The summed E-state index contributed by atoms with van der Waals surface area (Å²) in [4.78, 5) is 10.8. The molecule has 1 aliphatic heterocycles. The van der Waals surface area contributed by atoms with Crippen LogP contribution in [-0.4, -0.2) is 54.1 Å². The number of piperazine rings is 1. The third kappa shape index (κ3) is 2.90. The van der Waals surface area contributed by atoms with Gasteiger partial charge in [0.2, 0.25) is 5.95 Å². The van der Waals surface area contributed by atoms with Gasteiger partial charge < -0.3 is 10.6 Å². The largest absolute Gasteiger partial charge is 0.353 e. The van der Waals surface area contributed by atoms with Crippen molar-refractivity contribution in [3.8, 4) is 0 Å². The van der Waals surface area contributed by atoms with Crippen LogP contribution in [0.4, 0.5) is 5.95 Å². The van der Waals surface area contributed by atoms with Crippen LogP contribution >= 0.6 is 0 Å². The average Bonchev–Trinajstić information content (AvgIpc) is 2.30. The van der Waals surface area contributed by atoms with E-state index in [0.717, 1.165) is 31.7 Å². The molecule has 1 atom stereocenters. The quantitative estimate of drug-likeness (QED) is 0.758. The normalized spacial score (nSPS) is 22.0. The van der Waals surface area contributed by atoms with Crippen molar-refractivity contribution in [3.05, 3.63) is 18.0 Å². The molecule has 2 rings (SSSR count). The van der Waals surface area contributed by atoms with E-state index in [1.165, 1.54) is 0 Å². The molecule has 0 amide bonds. The lowest BCUT2D eigenvalue weighted by atomic mass is 10.2. The van der Waals surface area contributed by atoms with Crippen LogP contribution in [0.5, 0.6) is 0 Å². The minimum atomic E-state index is 0.513. The van der Waals surface area contributed by atoms with E-state index in [4.69, 9.17) is 0 Å². The summed E-state index contributed by atoms with van der Waals surface area (Å²) in [6.45, 7) is 6.07. The first-order chi connectivity index (χ1) is 7.75. The molecule has 2 heterocycles. The summed E-state index contributed by atoms with van der Waals surface area (Å²) >= 11 is 0. The lowest BCUT2D eigenvalue weighted by molar-refractivity contribution is 0.209. The lowest BCUT2D eigenvalue weighted by Crippen LogP contribution is -2.52. The van der Waals surface area contributed by atoms with Gasteiger partial charge in [0.25, 0.3) is 0 Å². The van der Waals surface area contributed by atoms with Crippen LogP contribution < -0.4 is 10.6 Å². The van der Waals surface area contributed by atoms with Gasteiger partial charge in [-0.3, -0.25) is 4.90 Å². The zero-order valence-corrected chi connectivity index (χ0v) is 9.90. The number of nitrogens with one attached hydrogen (secondary N) is 2. The Bertz CT molecular complexity index is 324. The first kappa shape index (κ1) is 11.3. The van der Waals surface area contributed by atoms with Gasteiger partial charge in [-0.2, -0.15) is 0 Å². The van der Waals surface area contributed by atoms with Crippen molar-refractivity contribution >= 4 is 5.95 Å². The Morgan fingerprint density at radius 2 is 2.25 bits per heavy atom. The highest BCUT2D eigenvalue weighted by molar-refractivity contribution is 5.24. The van der Waals surface area contributed by atoms with Crippen molar-refractivity contribution in [3.63, 3.8) is 0 Å². The van der Waals surface area contributed by atoms with E-state index in [2.05, 4.69) is 32.5 Å². The Hall–Kier alpha value is -1.20. The van der Waals surface area contributed by atoms with E-state index in [1.807, 2.05) is 19.3 Å². The van der Waals surface area contributed by atoms with Crippen molar-refractivity contribution in [1.29, 1.82) is 0 Å². The molecule has 1 aromatic heterocycles. The summed E-state index contributed by atoms with van der Waals surface area (Å²) in [5, 5.41) is 6.66. The van der Waals surface area contributed by atoms with Crippen LogP contribution in [0.25, 0.3) is 0 Å². The summed E-state index contributed by atoms with van der Waals surface area (Å²) < 4.78 is 0. The molecule has 5 heteroatoms. The molecular formula is C11H19N5. The molecule has 2 N–H and O–H groups in total. The van der Waals surface area contributed by atoms with Crippen LogP contribution in [0.1, 0.15) is 5.56 Å². The number of hydrogen-bond acceptors (Lipinski definition) is 5. The first-order valence-corrected chi connectivity index (χ1v) is 5.69. The molecule has 0 saturated carbocycles. The standard InChI is InChI=1S/C11H19N5/c1-9-5-13-11(14-6-9)15-8-10-7-12-3-4-16(10)2/h5-6,10,12H,3-4,7-8H2,1-2H3,(H,13,14,15). The number of nitrogens with zero attached hydrogens (tertiary/aromatic N) is 3. The molecule has 0 radical (unpaired) electrons. The monoisotopic (exact) mass is 221 g/mol. The van der Waals surface area contributed by atoms with Crippen molar-refractivity contribution in [2.24, 2.45) is 0 Å². The summed E-state index contributed by atoms with van der Waals surface area (Å²) in [5.74, 6) is 0.713.